The Morgan fingerprint density at radius 2 is 2.14 bits per heavy atom. The first kappa shape index (κ1) is 14.6. The van der Waals surface area contributed by atoms with Crippen molar-refractivity contribution in [1.82, 2.24) is 20.5 Å². The lowest BCUT2D eigenvalue weighted by molar-refractivity contribution is 0.154. The van der Waals surface area contributed by atoms with Gasteiger partial charge < -0.3 is 10.4 Å². The van der Waals surface area contributed by atoms with Crippen LogP contribution in [0.25, 0.3) is 0 Å². The highest BCUT2D eigenvalue weighted by Gasteiger charge is 2.36. The molecule has 0 radical (unpaired) electrons. The van der Waals surface area contributed by atoms with Crippen molar-refractivity contribution in [2.24, 2.45) is 0 Å². The third kappa shape index (κ3) is 3.64. The second-order valence-corrected chi connectivity index (χ2v) is 6.50. The Kier molecular flexibility index (Phi) is 4.57. The van der Waals surface area contributed by atoms with Gasteiger partial charge in [0, 0.05) is 11.8 Å². The van der Waals surface area contributed by atoms with Gasteiger partial charge in [-0.1, -0.05) is 42.1 Å². The molecule has 1 unspecified atom stereocenters. The third-order valence-electron chi connectivity index (χ3n) is 3.81. The van der Waals surface area contributed by atoms with E-state index in [0.717, 1.165) is 22.9 Å². The maximum absolute atomic E-state index is 10.1. The summed E-state index contributed by atoms with van der Waals surface area (Å²) in [5.74, 6) is 0.865. The van der Waals surface area contributed by atoms with Crippen LogP contribution in [0.5, 0.6) is 0 Å². The number of hydrogen-bond donors (Lipinski definition) is 3. The molecule has 1 fully saturated rings. The van der Waals surface area contributed by atoms with Gasteiger partial charge in [-0.2, -0.15) is 5.10 Å². The van der Waals surface area contributed by atoms with Crippen molar-refractivity contribution < 1.29 is 5.11 Å². The van der Waals surface area contributed by atoms with E-state index in [4.69, 9.17) is 0 Å². The lowest BCUT2D eigenvalue weighted by atomic mass is 9.87. The SMILES string of the molecule is OCC(CCSc1ncn[nH]1)(NC1CC1)c1ccccc1. The van der Waals surface area contributed by atoms with Crippen LogP contribution in [0.2, 0.25) is 0 Å². The van der Waals surface area contributed by atoms with Gasteiger partial charge in [-0.05, 0) is 24.8 Å². The van der Waals surface area contributed by atoms with Gasteiger partial charge in [0.05, 0.1) is 12.1 Å². The van der Waals surface area contributed by atoms with E-state index in [1.54, 1.807) is 11.8 Å². The highest BCUT2D eigenvalue weighted by Crippen LogP contribution is 2.32. The molecule has 112 valence electrons. The Labute approximate surface area is 128 Å². The summed E-state index contributed by atoms with van der Waals surface area (Å²) in [6.45, 7) is 0.102. The minimum Gasteiger partial charge on any atom is -0.394 e. The summed E-state index contributed by atoms with van der Waals surface area (Å²) in [7, 11) is 0. The molecule has 1 aromatic carbocycles. The summed E-state index contributed by atoms with van der Waals surface area (Å²) in [5.41, 5.74) is 0.785. The van der Waals surface area contributed by atoms with E-state index in [1.165, 1.54) is 19.2 Å². The van der Waals surface area contributed by atoms with E-state index < -0.39 is 0 Å². The molecule has 1 aliphatic rings. The summed E-state index contributed by atoms with van der Waals surface area (Å²) >= 11 is 1.63. The molecule has 3 N–H and O–H groups in total. The zero-order valence-electron chi connectivity index (χ0n) is 11.8. The molecule has 0 spiro atoms. The maximum Gasteiger partial charge on any atom is 0.183 e. The van der Waals surface area contributed by atoms with Gasteiger partial charge in [-0.3, -0.25) is 5.10 Å². The molecule has 2 aromatic rings. The number of hydrogen-bond acceptors (Lipinski definition) is 5. The molecular weight excluding hydrogens is 284 g/mol. The number of nitrogens with zero attached hydrogens (tertiary/aromatic N) is 2. The minimum absolute atomic E-state index is 0.102. The third-order valence-corrected chi connectivity index (χ3v) is 4.69. The number of rotatable bonds is 8. The predicted octanol–water partition coefficient (Wildman–Crippen LogP) is 1.93. The van der Waals surface area contributed by atoms with Crippen LogP contribution in [0, 0.1) is 0 Å². The molecule has 0 amide bonds. The van der Waals surface area contributed by atoms with E-state index in [9.17, 15) is 5.11 Å². The highest BCUT2D eigenvalue weighted by atomic mass is 32.2. The summed E-state index contributed by atoms with van der Waals surface area (Å²) < 4.78 is 0. The Bertz CT molecular complexity index is 544. The summed E-state index contributed by atoms with van der Waals surface area (Å²) in [5, 5.41) is 21.2. The molecule has 0 saturated heterocycles. The topological polar surface area (TPSA) is 73.8 Å². The number of benzene rings is 1. The molecule has 3 rings (SSSR count). The van der Waals surface area contributed by atoms with Gasteiger partial charge in [0.25, 0.3) is 0 Å². The molecule has 1 saturated carbocycles. The second-order valence-electron chi connectivity index (χ2n) is 5.41. The monoisotopic (exact) mass is 304 g/mol. The van der Waals surface area contributed by atoms with Crippen LogP contribution in [-0.4, -0.2) is 38.7 Å². The van der Waals surface area contributed by atoms with Crippen molar-refractivity contribution in [2.75, 3.05) is 12.4 Å². The first-order chi connectivity index (χ1) is 10.3. The van der Waals surface area contributed by atoms with E-state index in [1.807, 2.05) is 18.2 Å². The Morgan fingerprint density at radius 3 is 2.76 bits per heavy atom. The van der Waals surface area contributed by atoms with Crippen LogP contribution in [0.4, 0.5) is 0 Å². The Morgan fingerprint density at radius 1 is 1.33 bits per heavy atom. The smallest absolute Gasteiger partial charge is 0.183 e. The van der Waals surface area contributed by atoms with Crippen molar-refractivity contribution in [3.8, 4) is 0 Å². The van der Waals surface area contributed by atoms with Crippen molar-refractivity contribution >= 4 is 11.8 Å². The fourth-order valence-electron chi connectivity index (χ4n) is 2.48. The standard InChI is InChI=1S/C15H20N4OS/c20-10-15(18-13-6-7-13,12-4-2-1-3-5-12)8-9-21-14-16-11-17-19-14/h1-5,11,13,18,20H,6-10H2,(H,16,17,19). The quantitative estimate of drug-likeness (QED) is 0.650. The maximum atomic E-state index is 10.1. The molecule has 1 aromatic heterocycles. The average Bonchev–Trinajstić information content (AvgIpc) is 3.19. The first-order valence-electron chi connectivity index (χ1n) is 7.25. The number of aromatic amines is 1. The molecule has 1 aliphatic carbocycles. The number of nitrogens with one attached hydrogen (secondary N) is 2. The van der Waals surface area contributed by atoms with Crippen LogP contribution in [-0.2, 0) is 5.54 Å². The number of aliphatic hydroxyl groups excluding tert-OH is 1. The van der Waals surface area contributed by atoms with Crippen molar-refractivity contribution in [1.29, 1.82) is 0 Å². The number of aromatic nitrogens is 3. The highest BCUT2D eigenvalue weighted by molar-refractivity contribution is 7.99. The van der Waals surface area contributed by atoms with E-state index >= 15 is 0 Å². The van der Waals surface area contributed by atoms with Crippen LogP contribution >= 0.6 is 11.8 Å². The lowest BCUT2D eigenvalue weighted by Gasteiger charge is -2.34. The largest absolute Gasteiger partial charge is 0.394 e. The van der Waals surface area contributed by atoms with Gasteiger partial charge in [0.2, 0.25) is 0 Å². The van der Waals surface area contributed by atoms with Crippen molar-refractivity contribution in [3.05, 3.63) is 42.2 Å². The summed E-state index contributed by atoms with van der Waals surface area (Å²) in [6.07, 6.45) is 4.75. The number of aliphatic hydroxyl groups is 1. The van der Waals surface area contributed by atoms with E-state index in [2.05, 4.69) is 32.6 Å². The lowest BCUT2D eigenvalue weighted by Crippen LogP contribution is -2.47. The van der Waals surface area contributed by atoms with Gasteiger partial charge in [-0.25, -0.2) is 4.98 Å². The van der Waals surface area contributed by atoms with E-state index in [0.29, 0.717) is 6.04 Å². The summed E-state index contributed by atoms with van der Waals surface area (Å²) in [4.78, 5) is 4.12. The van der Waals surface area contributed by atoms with Gasteiger partial charge >= 0.3 is 0 Å². The van der Waals surface area contributed by atoms with Crippen LogP contribution in [0.1, 0.15) is 24.8 Å². The zero-order valence-corrected chi connectivity index (χ0v) is 12.6. The predicted molar refractivity (Wildman–Crippen MR) is 83.1 cm³/mol. The molecule has 0 aliphatic heterocycles. The zero-order chi connectivity index (χ0) is 14.5. The molecule has 6 heteroatoms. The second kappa shape index (κ2) is 6.60. The van der Waals surface area contributed by atoms with Gasteiger partial charge in [-0.15, -0.1) is 0 Å². The number of thioether (sulfide) groups is 1. The Hall–Kier alpha value is -1.37. The van der Waals surface area contributed by atoms with Crippen LogP contribution in [0.3, 0.4) is 0 Å². The van der Waals surface area contributed by atoms with Gasteiger partial charge in [0.1, 0.15) is 6.33 Å². The van der Waals surface area contributed by atoms with Crippen LogP contribution < -0.4 is 5.32 Å². The first-order valence-corrected chi connectivity index (χ1v) is 8.23. The normalized spacial score (nSPS) is 17.6. The molecular formula is C15H20N4OS. The fraction of sp³-hybridized carbons (Fsp3) is 0.467. The minimum atomic E-state index is -0.366. The molecule has 0 bridgehead atoms. The Balaban J connectivity index is 1.71. The van der Waals surface area contributed by atoms with Gasteiger partial charge in [0.15, 0.2) is 5.16 Å². The number of H-pyrrole nitrogens is 1. The molecule has 1 heterocycles. The molecule has 21 heavy (non-hydrogen) atoms. The molecule has 5 nitrogen and oxygen atoms in total. The van der Waals surface area contributed by atoms with Crippen molar-refractivity contribution in [3.63, 3.8) is 0 Å². The average molecular weight is 304 g/mol. The van der Waals surface area contributed by atoms with Crippen LogP contribution in [0.15, 0.2) is 41.8 Å². The van der Waals surface area contributed by atoms with Crippen molar-refractivity contribution in [2.45, 2.75) is 36.0 Å². The molecule has 1 atom stereocenters. The fourth-order valence-corrected chi connectivity index (χ4v) is 3.36. The van der Waals surface area contributed by atoms with E-state index in [-0.39, 0.29) is 12.1 Å². The summed E-state index contributed by atoms with van der Waals surface area (Å²) in [6, 6.07) is 10.8.